The summed E-state index contributed by atoms with van der Waals surface area (Å²) in [4.78, 5) is 4.86. The molecule has 16 rings (SSSR count). The Balaban J connectivity index is 0.00000870. The molecule has 1 aliphatic heterocycles. The second-order valence-electron chi connectivity index (χ2n) is 22.6. The van der Waals surface area contributed by atoms with Crippen LogP contribution in [0.1, 0.15) is 104 Å². The number of hydrogen-bond donors (Lipinski definition) is 0. The Morgan fingerprint density at radius 2 is 1.26 bits per heavy atom. The van der Waals surface area contributed by atoms with Crippen LogP contribution in [-0.2, 0) is 37.3 Å². The molecule has 0 atom stereocenters. The van der Waals surface area contributed by atoms with Gasteiger partial charge in [-0.15, -0.1) is 29.7 Å². The van der Waals surface area contributed by atoms with E-state index in [9.17, 15) is 9.60 Å². The number of nitrogens with zero attached hydrogens (tertiary/aromatic N) is 4. The summed E-state index contributed by atoms with van der Waals surface area (Å²) in [7, 11) is 0. The van der Waals surface area contributed by atoms with E-state index in [1.807, 2.05) is 161 Å². The molecule has 0 amide bonds. The monoisotopic (exact) mass is 1300 g/mol. The minimum atomic E-state index is -4.50. The van der Waals surface area contributed by atoms with E-state index in [0.717, 1.165) is 60.6 Å². The van der Waals surface area contributed by atoms with E-state index < -0.39 is 85.8 Å². The summed E-state index contributed by atoms with van der Waals surface area (Å²) in [6, 6.07) is 62.4. The summed E-state index contributed by atoms with van der Waals surface area (Å²) in [5, 5.41) is 3.64. The van der Waals surface area contributed by atoms with Crippen LogP contribution in [0.4, 0.5) is 0 Å². The Morgan fingerprint density at radius 1 is 0.576 bits per heavy atom. The second kappa shape index (κ2) is 19.5. The number of benzene rings is 10. The predicted octanol–water partition coefficient (Wildman–Crippen LogP) is 19.8. The van der Waals surface area contributed by atoms with Crippen molar-refractivity contribution >= 4 is 54.8 Å². The van der Waals surface area contributed by atoms with Crippen molar-refractivity contribution in [2.75, 3.05) is 0 Å². The number of pyridine rings is 1. The number of para-hydroxylation sites is 4. The van der Waals surface area contributed by atoms with Crippen LogP contribution in [0, 0.1) is 18.5 Å². The molecule has 14 aromatic rings. The first-order valence-electron chi connectivity index (χ1n) is 37.1. The first kappa shape index (κ1) is 35.9. The average Bonchev–Trinajstić information content (AvgIpc) is 0.780. The molecule has 0 saturated heterocycles. The van der Waals surface area contributed by atoms with Gasteiger partial charge in [0.15, 0.2) is 0 Å². The van der Waals surface area contributed by atoms with Gasteiger partial charge in [-0.25, -0.2) is 4.98 Å². The molecule has 0 fully saturated rings. The minimum Gasteiger partial charge on any atom is -0.510 e. The first-order chi connectivity index (χ1) is 48.5. The minimum absolute atomic E-state index is 0. The molecule has 0 radical (unpaired) electrons. The zero-order chi connectivity index (χ0) is 73.0. The molecule has 0 bridgehead atoms. The summed E-state index contributed by atoms with van der Waals surface area (Å²) < 4.78 is 194. The van der Waals surface area contributed by atoms with Gasteiger partial charge in [0.05, 0.1) is 20.8 Å². The van der Waals surface area contributed by atoms with Crippen molar-refractivity contribution in [3.05, 3.63) is 248 Å². The van der Waals surface area contributed by atoms with Crippen molar-refractivity contribution in [3.63, 3.8) is 0 Å². The van der Waals surface area contributed by atoms with Gasteiger partial charge in [-0.1, -0.05) is 187 Å². The van der Waals surface area contributed by atoms with Crippen LogP contribution in [-0.4, -0.2) is 14.1 Å². The van der Waals surface area contributed by atoms with Crippen LogP contribution in [0.5, 0.6) is 11.5 Å². The third kappa shape index (κ3) is 8.46. The van der Waals surface area contributed by atoms with Gasteiger partial charge in [-0.2, -0.15) is 18.2 Å². The second-order valence-corrected chi connectivity index (χ2v) is 22.6. The summed E-state index contributed by atoms with van der Waals surface area (Å²) in [5.74, 6) is 1.49. The fourth-order valence-corrected chi connectivity index (χ4v) is 12.3. The van der Waals surface area contributed by atoms with E-state index in [2.05, 4.69) is 62.0 Å². The Labute approximate surface area is 536 Å². The standard InChI is InChI=1S/C78H60N4O2.Pt/c1-76(2,3)51-37-40-79-73(44-51)82-68-26-12-10-21-59(68)60-34-32-54(46-70(60)82)83-53-18-14-17-52(45-53)80-47-81-74-55(50-31-36-72-65(42-50)61-22-11-13-28-71(61)84-72)23-15-24-63(74)64-41-48(49-30-35-66-67(43-49)78(6,7)39-38-77(66,4)5)29-33-58(64)56-19-8-9-20-57(56)62-25-16-27-69(80)75(62)81;/h8-37,40-44H,38-39H2,1-7H3;/q-2;/i4D3,5D3,6D3,7D3,30D,35D,38D2,39D2,43D;. The fraction of sp³-hybridized carbons (Fsp3) is 0.154. The van der Waals surface area contributed by atoms with Crippen LogP contribution in [0.3, 0.4) is 0 Å². The Morgan fingerprint density at radius 3 is 2.11 bits per heavy atom. The zero-order valence-corrected chi connectivity index (χ0v) is 48.2. The van der Waals surface area contributed by atoms with Crippen LogP contribution in [0.15, 0.2) is 217 Å². The predicted molar refractivity (Wildman–Crippen MR) is 342 cm³/mol. The van der Waals surface area contributed by atoms with Gasteiger partial charge < -0.3 is 18.3 Å². The Hall–Kier alpha value is -9.09. The number of hydrogen-bond acceptors (Lipinski definition) is 3. The van der Waals surface area contributed by atoms with Crippen molar-refractivity contribution in [1.29, 1.82) is 0 Å². The van der Waals surface area contributed by atoms with Gasteiger partial charge in [0.25, 0.3) is 6.33 Å². The van der Waals surface area contributed by atoms with E-state index in [4.69, 9.17) is 30.6 Å². The van der Waals surface area contributed by atoms with E-state index in [1.165, 1.54) is 6.07 Å². The molecule has 0 N–H and O–H groups in total. The first-order valence-corrected chi connectivity index (χ1v) is 27.6. The number of imidazole rings is 1. The summed E-state index contributed by atoms with van der Waals surface area (Å²) in [6.45, 7) is -10.4. The molecular formula is C78H60N4O2Pt-2. The summed E-state index contributed by atoms with van der Waals surface area (Å²) in [5.41, 5.74) is -1.23. The van der Waals surface area contributed by atoms with Gasteiger partial charge in [0.1, 0.15) is 17.0 Å². The maximum absolute atomic E-state index is 10.2. The molecule has 5 heterocycles. The van der Waals surface area contributed by atoms with Crippen LogP contribution >= 0.6 is 0 Å². The molecule has 2 aliphatic rings. The quantitative estimate of drug-likeness (QED) is 0.123. The van der Waals surface area contributed by atoms with E-state index >= 15 is 0 Å². The van der Waals surface area contributed by atoms with Crippen molar-refractivity contribution in [2.24, 2.45) is 0 Å². The maximum Gasteiger partial charge on any atom is 0.268 e. The Bertz CT molecular complexity index is 5910. The van der Waals surface area contributed by atoms with E-state index in [0.29, 0.717) is 72.9 Å². The Kier molecular flexibility index (Phi) is 8.23. The number of aromatic nitrogens is 4. The number of rotatable bonds is 6. The molecule has 7 heteroatoms. The smallest absolute Gasteiger partial charge is 0.268 e. The van der Waals surface area contributed by atoms with Gasteiger partial charge in [-0.3, -0.25) is 4.57 Å². The zero-order valence-electron chi connectivity index (χ0n) is 64.9. The largest absolute Gasteiger partial charge is 0.510 e. The van der Waals surface area contributed by atoms with Crippen LogP contribution in [0.25, 0.3) is 128 Å². The topological polar surface area (TPSA) is 49.0 Å². The fourth-order valence-electron chi connectivity index (χ4n) is 12.3. The summed E-state index contributed by atoms with van der Waals surface area (Å²) in [6.07, 6.45) is -3.42. The molecule has 0 unspecified atom stereocenters. The average molecular weight is 1300 g/mol. The van der Waals surface area contributed by atoms with Crippen molar-refractivity contribution in [3.8, 4) is 84.3 Å². The van der Waals surface area contributed by atoms with Gasteiger partial charge in [0, 0.05) is 77.0 Å². The molecule has 85 heavy (non-hydrogen) atoms. The normalized spacial score (nSPS) is 19.1. The van der Waals surface area contributed by atoms with Crippen molar-refractivity contribution in [2.45, 2.75) is 77.2 Å². The number of ether oxygens (including phenoxy) is 1. The molecule has 1 aliphatic carbocycles. The van der Waals surface area contributed by atoms with Crippen LogP contribution < -0.4 is 9.30 Å². The molecule has 10 aromatic carbocycles. The van der Waals surface area contributed by atoms with Crippen molar-refractivity contribution in [1.82, 2.24) is 14.1 Å². The number of furan rings is 1. The molecule has 0 saturated carbocycles. The van der Waals surface area contributed by atoms with Crippen LogP contribution in [0.2, 0.25) is 0 Å². The molecule has 0 spiro atoms. The van der Waals surface area contributed by atoms with E-state index in [-0.39, 0.29) is 32.0 Å². The maximum atomic E-state index is 10.2. The molecule has 6 nitrogen and oxygen atoms in total. The summed E-state index contributed by atoms with van der Waals surface area (Å²) >= 11 is 0. The molecule has 416 valence electrons. The van der Waals surface area contributed by atoms with Gasteiger partial charge in [-0.05, 0) is 155 Å². The van der Waals surface area contributed by atoms with Gasteiger partial charge in [0.2, 0.25) is 0 Å². The SMILES string of the molecule is [2H]c1c([2H])c2c(c([2H])c1-c1ccc3c(c1)-c1cccc(-c4ccc5oc6ccccc6c5c4)c1-[n+]1[c-]n(-c4[c-]c(Oc5[c-]c6c(cc5)c5ccccc5n6-c5cc(C(C)(C)C)ccn5)ccc4)c4cccc(c41)-c1ccccc1-3)C(C([2H])([2H])[2H])(C([2H])([2H])[2H])C([2H])([2H])C([2H])([2H])C2(C([2H])([2H])[2H])C([2H])([2H])[2H].[Pt]. The number of fused-ring (bicyclic) bond motifs is 14. The third-order valence-electron chi connectivity index (χ3n) is 16.3. The van der Waals surface area contributed by atoms with Crippen molar-refractivity contribution < 1.29 is 60.8 Å². The third-order valence-corrected chi connectivity index (χ3v) is 16.3. The van der Waals surface area contributed by atoms with E-state index in [1.54, 1.807) is 18.2 Å². The van der Waals surface area contributed by atoms with Gasteiger partial charge >= 0.3 is 0 Å². The molecular weight excluding hydrogens is 1220 g/mol. The molecule has 4 aromatic heterocycles.